The van der Waals surface area contributed by atoms with E-state index in [1.165, 1.54) is 30.5 Å². The SMILES string of the molecule is Cc1ccc(O)c(C=Nc2cc([N+](=O)[O-])ccc2O)c1. The Morgan fingerprint density at radius 2 is 1.85 bits per heavy atom. The average molecular weight is 272 g/mol. The largest absolute Gasteiger partial charge is 0.507 e. The summed E-state index contributed by atoms with van der Waals surface area (Å²) >= 11 is 0. The van der Waals surface area contributed by atoms with Gasteiger partial charge in [-0.05, 0) is 25.1 Å². The lowest BCUT2D eigenvalue weighted by Gasteiger charge is -2.01. The molecule has 2 aromatic rings. The van der Waals surface area contributed by atoms with Crippen molar-refractivity contribution >= 4 is 17.6 Å². The van der Waals surface area contributed by atoms with E-state index in [1.807, 2.05) is 6.92 Å². The molecule has 0 aliphatic heterocycles. The monoisotopic (exact) mass is 272 g/mol. The maximum absolute atomic E-state index is 10.7. The smallest absolute Gasteiger partial charge is 0.271 e. The lowest BCUT2D eigenvalue weighted by atomic mass is 10.1. The van der Waals surface area contributed by atoms with Crippen LogP contribution in [-0.2, 0) is 0 Å². The fraction of sp³-hybridized carbons (Fsp3) is 0.0714. The Balaban J connectivity index is 2.38. The first kappa shape index (κ1) is 13.5. The zero-order chi connectivity index (χ0) is 14.7. The molecule has 0 unspecified atom stereocenters. The molecule has 0 radical (unpaired) electrons. The maximum Gasteiger partial charge on any atom is 0.271 e. The Hall–Kier alpha value is -2.89. The van der Waals surface area contributed by atoms with E-state index < -0.39 is 4.92 Å². The van der Waals surface area contributed by atoms with E-state index in [0.717, 1.165) is 5.56 Å². The highest BCUT2D eigenvalue weighted by molar-refractivity contribution is 5.86. The Bertz CT molecular complexity index is 696. The maximum atomic E-state index is 10.7. The summed E-state index contributed by atoms with van der Waals surface area (Å²) in [6.07, 6.45) is 1.35. The fourth-order valence-corrected chi connectivity index (χ4v) is 1.65. The number of hydrogen-bond donors (Lipinski definition) is 2. The number of phenolic OH excluding ortho intramolecular Hbond substituents is 2. The first-order valence-electron chi connectivity index (χ1n) is 5.78. The van der Waals surface area contributed by atoms with Crippen LogP contribution in [0.2, 0.25) is 0 Å². The summed E-state index contributed by atoms with van der Waals surface area (Å²) in [6.45, 7) is 1.86. The minimum Gasteiger partial charge on any atom is -0.507 e. The third-order valence-corrected chi connectivity index (χ3v) is 2.70. The molecule has 102 valence electrons. The number of rotatable bonds is 3. The van der Waals surface area contributed by atoms with Crippen molar-refractivity contribution in [3.05, 3.63) is 57.6 Å². The van der Waals surface area contributed by atoms with E-state index in [-0.39, 0.29) is 22.9 Å². The van der Waals surface area contributed by atoms with Gasteiger partial charge in [-0.3, -0.25) is 15.1 Å². The van der Waals surface area contributed by atoms with Crippen LogP contribution in [0.4, 0.5) is 11.4 Å². The van der Waals surface area contributed by atoms with Crippen LogP contribution in [0.15, 0.2) is 41.4 Å². The lowest BCUT2D eigenvalue weighted by Crippen LogP contribution is -1.87. The van der Waals surface area contributed by atoms with Gasteiger partial charge in [0.2, 0.25) is 0 Å². The minimum absolute atomic E-state index is 0.0456. The summed E-state index contributed by atoms with van der Waals surface area (Å²) in [5.74, 6) is -0.122. The van der Waals surface area contributed by atoms with E-state index in [9.17, 15) is 20.3 Å². The molecule has 0 fully saturated rings. The number of non-ortho nitro benzene ring substituents is 1. The van der Waals surface area contributed by atoms with Crippen molar-refractivity contribution in [1.82, 2.24) is 0 Å². The second-order valence-electron chi connectivity index (χ2n) is 4.25. The summed E-state index contributed by atoms with van der Waals surface area (Å²) in [5, 5.41) is 30.0. The summed E-state index contributed by atoms with van der Waals surface area (Å²) in [4.78, 5) is 14.1. The molecule has 2 aromatic carbocycles. The van der Waals surface area contributed by atoms with E-state index in [0.29, 0.717) is 5.56 Å². The predicted molar refractivity (Wildman–Crippen MR) is 74.9 cm³/mol. The fourth-order valence-electron chi connectivity index (χ4n) is 1.65. The van der Waals surface area contributed by atoms with Crippen LogP contribution >= 0.6 is 0 Å². The number of nitrogens with zero attached hydrogens (tertiary/aromatic N) is 2. The summed E-state index contributed by atoms with van der Waals surface area (Å²) in [6, 6.07) is 8.56. The molecule has 2 N–H and O–H groups in total. The second kappa shape index (κ2) is 5.40. The third-order valence-electron chi connectivity index (χ3n) is 2.70. The summed E-state index contributed by atoms with van der Waals surface area (Å²) < 4.78 is 0. The van der Waals surface area contributed by atoms with Crippen molar-refractivity contribution in [2.75, 3.05) is 0 Å². The molecule has 0 saturated carbocycles. The van der Waals surface area contributed by atoms with Gasteiger partial charge in [0.15, 0.2) is 0 Å². The first-order chi connectivity index (χ1) is 9.47. The van der Waals surface area contributed by atoms with E-state index >= 15 is 0 Å². The van der Waals surface area contributed by atoms with Crippen LogP contribution in [0.5, 0.6) is 11.5 Å². The van der Waals surface area contributed by atoms with Crippen molar-refractivity contribution in [2.24, 2.45) is 4.99 Å². The van der Waals surface area contributed by atoms with Gasteiger partial charge in [-0.25, -0.2) is 0 Å². The number of phenols is 2. The molecule has 0 spiro atoms. The third kappa shape index (κ3) is 2.92. The summed E-state index contributed by atoms with van der Waals surface area (Å²) in [7, 11) is 0. The van der Waals surface area contributed by atoms with Crippen molar-refractivity contribution < 1.29 is 15.1 Å². The molecule has 0 aromatic heterocycles. The zero-order valence-corrected chi connectivity index (χ0v) is 10.6. The van der Waals surface area contributed by atoms with E-state index in [1.54, 1.807) is 12.1 Å². The Morgan fingerprint density at radius 3 is 2.55 bits per heavy atom. The van der Waals surface area contributed by atoms with Gasteiger partial charge in [0.25, 0.3) is 5.69 Å². The van der Waals surface area contributed by atoms with Gasteiger partial charge in [0.1, 0.15) is 17.2 Å². The van der Waals surface area contributed by atoms with E-state index in [2.05, 4.69) is 4.99 Å². The average Bonchev–Trinajstić information content (AvgIpc) is 2.41. The van der Waals surface area contributed by atoms with Crippen LogP contribution in [-0.4, -0.2) is 21.4 Å². The molecule has 2 rings (SSSR count). The van der Waals surface area contributed by atoms with Crippen LogP contribution in [0.3, 0.4) is 0 Å². The van der Waals surface area contributed by atoms with Crippen LogP contribution in [0.1, 0.15) is 11.1 Å². The lowest BCUT2D eigenvalue weighted by molar-refractivity contribution is -0.384. The van der Waals surface area contributed by atoms with Gasteiger partial charge in [-0.1, -0.05) is 11.6 Å². The van der Waals surface area contributed by atoms with Crippen LogP contribution < -0.4 is 0 Å². The number of aliphatic imine (C=N–C) groups is 1. The molecule has 6 nitrogen and oxygen atoms in total. The molecule has 0 bridgehead atoms. The van der Waals surface area contributed by atoms with E-state index in [4.69, 9.17) is 0 Å². The molecule has 0 aliphatic carbocycles. The number of benzene rings is 2. The molecule has 20 heavy (non-hydrogen) atoms. The van der Waals surface area contributed by atoms with Gasteiger partial charge in [0, 0.05) is 23.9 Å². The second-order valence-corrected chi connectivity index (χ2v) is 4.25. The molecule has 0 aliphatic rings. The van der Waals surface area contributed by atoms with Crippen molar-refractivity contribution in [3.63, 3.8) is 0 Å². The molecule has 0 saturated heterocycles. The molecule has 0 atom stereocenters. The zero-order valence-electron chi connectivity index (χ0n) is 10.6. The Morgan fingerprint density at radius 1 is 1.15 bits per heavy atom. The van der Waals surface area contributed by atoms with Crippen LogP contribution in [0, 0.1) is 17.0 Å². The number of hydrogen-bond acceptors (Lipinski definition) is 5. The quantitative estimate of drug-likeness (QED) is 0.510. The van der Waals surface area contributed by atoms with Gasteiger partial charge in [-0.2, -0.15) is 0 Å². The topological polar surface area (TPSA) is 96.0 Å². The predicted octanol–water partition coefficient (Wildman–Crippen LogP) is 3.07. The van der Waals surface area contributed by atoms with Gasteiger partial charge >= 0.3 is 0 Å². The Labute approximate surface area is 114 Å². The summed E-state index contributed by atoms with van der Waals surface area (Å²) in [5.41, 5.74) is 1.31. The standard InChI is InChI=1S/C14H12N2O4/c1-9-2-4-13(17)10(6-9)8-15-12-7-11(16(19)20)3-5-14(12)18/h2-8,17-18H,1H3. The highest BCUT2D eigenvalue weighted by Crippen LogP contribution is 2.30. The van der Waals surface area contributed by atoms with Crippen LogP contribution in [0.25, 0.3) is 0 Å². The number of aryl methyl sites for hydroxylation is 1. The van der Waals surface area contributed by atoms with Gasteiger partial charge < -0.3 is 10.2 Å². The Kier molecular flexibility index (Phi) is 3.65. The first-order valence-corrected chi connectivity index (χ1v) is 5.78. The van der Waals surface area contributed by atoms with Crippen molar-refractivity contribution in [1.29, 1.82) is 0 Å². The minimum atomic E-state index is -0.567. The molecular weight excluding hydrogens is 260 g/mol. The number of nitro benzene ring substituents is 1. The molecule has 6 heteroatoms. The van der Waals surface area contributed by atoms with Crippen molar-refractivity contribution in [2.45, 2.75) is 6.92 Å². The molecule has 0 heterocycles. The number of aromatic hydroxyl groups is 2. The highest BCUT2D eigenvalue weighted by Gasteiger charge is 2.09. The number of nitro groups is 1. The van der Waals surface area contributed by atoms with Gasteiger partial charge in [0.05, 0.1) is 4.92 Å². The van der Waals surface area contributed by atoms with Gasteiger partial charge in [-0.15, -0.1) is 0 Å². The normalized spacial score (nSPS) is 10.8. The van der Waals surface area contributed by atoms with Crippen molar-refractivity contribution in [3.8, 4) is 11.5 Å². The molecular formula is C14H12N2O4. The highest BCUT2D eigenvalue weighted by atomic mass is 16.6. The molecule has 0 amide bonds.